The third-order valence-electron chi connectivity index (χ3n) is 5.09. The average Bonchev–Trinajstić information content (AvgIpc) is 3.21. The van der Waals surface area contributed by atoms with Gasteiger partial charge in [-0.3, -0.25) is 0 Å². The molecular formula is C25H24N4O3. The summed E-state index contributed by atoms with van der Waals surface area (Å²) >= 11 is 0. The molecule has 0 atom stereocenters. The van der Waals surface area contributed by atoms with Crippen molar-refractivity contribution in [2.24, 2.45) is 0 Å². The summed E-state index contributed by atoms with van der Waals surface area (Å²) in [5, 5.41) is 13.7. The molecule has 0 bridgehead atoms. The number of hydrogen-bond donors (Lipinski definition) is 1. The maximum atomic E-state index is 10.9. The third-order valence-corrected chi connectivity index (χ3v) is 5.09. The smallest absolute Gasteiger partial charge is 0.449 e. The van der Waals surface area contributed by atoms with Gasteiger partial charge in [0.2, 0.25) is 5.88 Å². The number of nitrogens with zero attached hydrogens (tertiary/aromatic N) is 4. The van der Waals surface area contributed by atoms with Crippen molar-refractivity contribution in [2.75, 3.05) is 0 Å². The van der Waals surface area contributed by atoms with Gasteiger partial charge in [-0.05, 0) is 29.7 Å². The summed E-state index contributed by atoms with van der Waals surface area (Å²) in [5.41, 5.74) is 3.52. The van der Waals surface area contributed by atoms with Crippen molar-refractivity contribution in [3.8, 4) is 28.4 Å². The Bertz CT molecular complexity index is 1190. The van der Waals surface area contributed by atoms with Crippen LogP contribution in [-0.4, -0.2) is 31.0 Å². The molecular weight excluding hydrogens is 404 g/mol. The number of ether oxygens (including phenoxy) is 1. The van der Waals surface area contributed by atoms with Crippen molar-refractivity contribution < 1.29 is 14.6 Å². The Morgan fingerprint density at radius 2 is 1.78 bits per heavy atom. The Hall–Kier alpha value is -4.00. The van der Waals surface area contributed by atoms with E-state index in [2.05, 4.69) is 11.9 Å². The van der Waals surface area contributed by atoms with Crippen LogP contribution >= 0.6 is 0 Å². The fraction of sp³-hybridized carbons (Fsp3) is 0.200. The van der Waals surface area contributed by atoms with Crippen LogP contribution in [-0.2, 0) is 13.0 Å². The summed E-state index contributed by atoms with van der Waals surface area (Å²) in [6, 6.07) is 21.4. The second kappa shape index (κ2) is 9.87. The molecule has 0 radical (unpaired) electrons. The Morgan fingerprint density at radius 1 is 1.00 bits per heavy atom. The van der Waals surface area contributed by atoms with Gasteiger partial charge in [0.05, 0.1) is 6.54 Å². The fourth-order valence-electron chi connectivity index (χ4n) is 3.47. The Balaban J connectivity index is 1.58. The summed E-state index contributed by atoms with van der Waals surface area (Å²) in [5.74, 6) is 1.77. The van der Waals surface area contributed by atoms with E-state index in [1.54, 1.807) is 12.1 Å². The van der Waals surface area contributed by atoms with Gasteiger partial charge >= 0.3 is 6.16 Å². The van der Waals surface area contributed by atoms with Gasteiger partial charge < -0.3 is 9.84 Å². The van der Waals surface area contributed by atoms with Crippen molar-refractivity contribution in [3.63, 3.8) is 0 Å². The predicted molar refractivity (Wildman–Crippen MR) is 121 cm³/mol. The molecule has 162 valence electrons. The highest BCUT2D eigenvalue weighted by Crippen LogP contribution is 2.28. The van der Waals surface area contributed by atoms with Crippen molar-refractivity contribution in [1.29, 1.82) is 0 Å². The molecule has 1 N–H and O–H groups in total. The Kier molecular flexibility index (Phi) is 6.55. The van der Waals surface area contributed by atoms with E-state index in [0.29, 0.717) is 12.1 Å². The first kappa shape index (κ1) is 21.2. The predicted octanol–water partition coefficient (Wildman–Crippen LogP) is 5.45. The standard InChI is InChI=1S/C25H24N4O3/c1-2-3-11-22-27-23(20-8-5-4-6-9-20)28-29(22)17-18-12-14-19(15-13-18)21-10-7-16-26-24(21)32-25(30)31/h4-10,12-16H,2-3,11,17H2,1H3,(H,30,31). The highest BCUT2D eigenvalue weighted by atomic mass is 16.7. The van der Waals surface area contributed by atoms with Crippen molar-refractivity contribution in [2.45, 2.75) is 32.7 Å². The lowest BCUT2D eigenvalue weighted by Crippen LogP contribution is -2.07. The molecule has 0 aliphatic carbocycles. The molecule has 0 fully saturated rings. The number of aryl methyl sites for hydroxylation is 1. The summed E-state index contributed by atoms with van der Waals surface area (Å²) in [6.45, 7) is 2.77. The van der Waals surface area contributed by atoms with E-state index >= 15 is 0 Å². The summed E-state index contributed by atoms with van der Waals surface area (Å²) in [7, 11) is 0. The summed E-state index contributed by atoms with van der Waals surface area (Å²) in [4.78, 5) is 19.8. The van der Waals surface area contributed by atoms with Gasteiger partial charge in [-0.1, -0.05) is 67.9 Å². The molecule has 7 heteroatoms. The lowest BCUT2D eigenvalue weighted by molar-refractivity contribution is 0.143. The summed E-state index contributed by atoms with van der Waals surface area (Å²) < 4.78 is 6.78. The van der Waals surface area contributed by atoms with E-state index in [1.165, 1.54) is 6.20 Å². The zero-order valence-electron chi connectivity index (χ0n) is 17.8. The molecule has 0 amide bonds. The number of hydrogen-bond acceptors (Lipinski definition) is 5. The monoisotopic (exact) mass is 428 g/mol. The highest BCUT2D eigenvalue weighted by molar-refractivity contribution is 5.72. The first-order valence-corrected chi connectivity index (χ1v) is 10.6. The van der Waals surface area contributed by atoms with Crippen molar-refractivity contribution in [1.82, 2.24) is 19.7 Å². The minimum absolute atomic E-state index is 0.0679. The number of aromatic nitrogens is 4. The van der Waals surface area contributed by atoms with E-state index in [0.717, 1.165) is 47.6 Å². The van der Waals surface area contributed by atoms with Gasteiger partial charge in [0.1, 0.15) is 5.82 Å². The van der Waals surface area contributed by atoms with E-state index < -0.39 is 6.16 Å². The van der Waals surface area contributed by atoms with Gasteiger partial charge in [0.25, 0.3) is 0 Å². The van der Waals surface area contributed by atoms with E-state index in [4.69, 9.17) is 19.9 Å². The third kappa shape index (κ3) is 5.00. The largest absolute Gasteiger partial charge is 0.512 e. The van der Waals surface area contributed by atoms with Crippen molar-refractivity contribution in [3.05, 3.63) is 84.3 Å². The van der Waals surface area contributed by atoms with Gasteiger partial charge in [0, 0.05) is 23.7 Å². The molecule has 7 nitrogen and oxygen atoms in total. The minimum Gasteiger partial charge on any atom is -0.449 e. The first-order chi connectivity index (χ1) is 15.6. The lowest BCUT2D eigenvalue weighted by Gasteiger charge is -2.09. The van der Waals surface area contributed by atoms with E-state index in [9.17, 15) is 4.79 Å². The Morgan fingerprint density at radius 3 is 2.50 bits per heavy atom. The molecule has 32 heavy (non-hydrogen) atoms. The fourth-order valence-corrected chi connectivity index (χ4v) is 3.47. The van der Waals surface area contributed by atoms with Gasteiger partial charge in [0.15, 0.2) is 5.82 Å². The van der Waals surface area contributed by atoms with E-state index in [-0.39, 0.29) is 5.88 Å². The second-order valence-corrected chi connectivity index (χ2v) is 7.40. The molecule has 0 spiro atoms. The zero-order valence-corrected chi connectivity index (χ0v) is 17.8. The first-order valence-electron chi connectivity index (χ1n) is 10.6. The van der Waals surface area contributed by atoms with Gasteiger partial charge in [-0.2, -0.15) is 5.10 Å². The van der Waals surface area contributed by atoms with E-state index in [1.807, 2.05) is 59.3 Å². The summed E-state index contributed by atoms with van der Waals surface area (Å²) in [6.07, 6.45) is 3.14. The second-order valence-electron chi connectivity index (χ2n) is 7.40. The maximum absolute atomic E-state index is 10.9. The number of pyridine rings is 1. The maximum Gasteiger partial charge on any atom is 0.512 e. The van der Waals surface area contributed by atoms with Crippen LogP contribution < -0.4 is 4.74 Å². The zero-order chi connectivity index (χ0) is 22.3. The molecule has 0 unspecified atom stereocenters. The number of benzene rings is 2. The van der Waals surface area contributed by atoms with Crippen LogP contribution in [0.15, 0.2) is 72.9 Å². The Labute approximate surface area is 186 Å². The number of unbranched alkanes of at least 4 members (excludes halogenated alkanes) is 1. The van der Waals surface area contributed by atoms with Crippen LogP contribution in [0.2, 0.25) is 0 Å². The molecule has 4 rings (SSSR count). The molecule has 0 aliphatic heterocycles. The van der Waals surface area contributed by atoms with Crippen LogP contribution in [0.5, 0.6) is 5.88 Å². The van der Waals surface area contributed by atoms with Gasteiger partial charge in [-0.25, -0.2) is 19.4 Å². The van der Waals surface area contributed by atoms with Crippen LogP contribution in [0.3, 0.4) is 0 Å². The number of rotatable bonds is 8. The van der Waals surface area contributed by atoms with Gasteiger partial charge in [-0.15, -0.1) is 0 Å². The highest BCUT2D eigenvalue weighted by Gasteiger charge is 2.13. The number of carbonyl (C=O) groups is 1. The molecule has 0 aliphatic rings. The molecule has 2 aromatic carbocycles. The minimum atomic E-state index is -1.39. The SMILES string of the molecule is CCCCc1nc(-c2ccccc2)nn1Cc1ccc(-c2cccnc2OC(=O)O)cc1. The average molecular weight is 428 g/mol. The molecule has 0 saturated heterocycles. The van der Waals surface area contributed by atoms with Crippen molar-refractivity contribution >= 4 is 6.16 Å². The molecule has 2 heterocycles. The number of carboxylic acid groups (broad SMARTS) is 1. The van der Waals surface area contributed by atoms with Crippen LogP contribution in [0.4, 0.5) is 4.79 Å². The molecule has 4 aromatic rings. The van der Waals surface area contributed by atoms with Crippen LogP contribution in [0, 0.1) is 0 Å². The van der Waals surface area contributed by atoms with Crippen LogP contribution in [0.1, 0.15) is 31.2 Å². The normalized spacial score (nSPS) is 10.8. The molecule has 2 aromatic heterocycles. The van der Waals surface area contributed by atoms with Crippen LogP contribution in [0.25, 0.3) is 22.5 Å². The lowest BCUT2D eigenvalue weighted by atomic mass is 10.1. The quantitative estimate of drug-likeness (QED) is 0.375. The molecule has 0 saturated carbocycles. The topological polar surface area (TPSA) is 90.1 Å².